The maximum atomic E-state index is 12.7. The Morgan fingerprint density at radius 1 is 1.24 bits per heavy atom. The summed E-state index contributed by atoms with van der Waals surface area (Å²) in [5.74, 6) is -0.596. The highest BCUT2D eigenvalue weighted by Gasteiger charge is 2.36. The fourth-order valence-electron chi connectivity index (χ4n) is 1.63. The van der Waals surface area contributed by atoms with Crippen LogP contribution in [0.1, 0.15) is 30.9 Å². The normalized spacial score (nSPS) is 13.1. The number of halogens is 3. The van der Waals surface area contributed by atoms with Crippen LogP contribution < -0.4 is 5.14 Å². The molecule has 96 valence electrons. The quantitative estimate of drug-likeness (QED) is 0.894. The zero-order valence-electron chi connectivity index (χ0n) is 9.25. The van der Waals surface area contributed by atoms with Crippen molar-refractivity contribution in [3.8, 4) is 0 Å². The summed E-state index contributed by atoms with van der Waals surface area (Å²) in [7, 11) is -4.16. The van der Waals surface area contributed by atoms with Crippen LogP contribution in [0.4, 0.5) is 13.2 Å². The van der Waals surface area contributed by atoms with Gasteiger partial charge in [-0.3, -0.25) is 0 Å². The van der Waals surface area contributed by atoms with Crippen LogP contribution in [-0.2, 0) is 16.2 Å². The van der Waals surface area contributed by atoms with E-state index >= 15 is 0 Å². The Hall–Kier alpha value is -1.08. The molecule has 0 aliphatic rings. The maximum Gasteiger partial charge on any atom is 0.416 e. The van der Waals surface area contributed by atoms with Crippen molar-refractivity contribution in [1.29, 1.82) is 0 Å². The molecule has 1 aromatic rings. The average molecular weight is 267 g/mol. The molecule has 7 heteroatoms. The topological polar surface area (TPSA) is 60.2 Å². The Bertz CT molecular complexity index is 521. The van der Waals surface area contributed by atoms with Gasteiger partial charge in [0.25, 0.3) is 0 Å². The highest BCUT2D eigenvalue weighted by atomic mass is 32.2. The lowest BCUT2D eigenvalue weighted by atomic mass is 9.97. The molecule has 2 N–H and O–H groups in total. The highest BCUT2D eigenvalue weighted by Crippen LogP contribution is 2.37. The van der Waals surface area contributed by atoms with Crippen molar-refractivity contribution in [3.63, 3.8) is 0 Å². The van der Waals surface area contributed by atoms with Crippen molar-refractivity contribution in [3.05, 3.63) is 29.3 Å². The van der Waals surface area contributed by atoms with E-state index in [4.69, 9.17) is 5.14 Å². The summed E-state index contributed by atoms with van der Waals surface area (Å²) < 4.78 is 60.7. The van der Waals surface area contributed by atoms with Gasteiger partial charge in [-0.05, 0) is 23.6 Å². The van der Waals surface area contributed by atoms with Gasteiger partial charge in [0.15, 0.2) is 0 Å². The molecule has 0 aliphatic carbocycles. The Labute approximate surface area is 97.5 Å². The smallest absolute Gasteiger partial charge is 0.225 e. The van der Waals surface area contributed by atoms with E-state index in [2.05, 4.69) is 0 Å². The second-order valence-electron chi connectivity index (χ2n) is 3.91. The summed E-state index contributed by atoms with van der Waals surface area (Å²) in [5.41, 5.74) is -1.25. The van der Waals surface area contributed by atoms with Crippen molar-refractivity contribution in [2.24, 2.45) is 5.14 Å². The molecular weight excluding hydrogens is 255 g/mol. The van der Waals surface area contributed by atoms with Crippen LogP contribution in [0, 0.1) is 0 Å². The lowest BCUT2D eigenvalue weighted by molar-refractivity contribution is -0.138. The zero-order valence-corrected chi connectivity index (χ0v) is 10.1. The predicted molar refractivity (Wildman–Crippen MR) is 56.9 cm³/mol. The molecule has 1 aromatic carbocycles. The number of primary sulfonamides is 1. The second kappa shape index (κ2) is 4.30. The number of sulfonamides is 1. The van der Waals surface area contributed by atoms with Gasteiger partial charge in [0.05, 0.1) is 10.5 Å². The van der Waals surface area contributed by atoms with Crippen LogP contribution in [-0.4, -0.2) is 8.42 Å². The molecule has 0 atom stereocenters. The highest BCUT2D eigenvalue weighted by molar-refractivity contribution is 7.89. The summed E-state index contributed by atoms with van der Waals surface area (Å²) in [6, 6.07) is 2.97. The Kier molecular flexibility index (Phi) is 3.54. The molecule has 0 saturated heterocycles. The third-order valence-corrected chi connectivity index (χ3v) is 3.22. The van der Waals surface area contributed by atoms with Crippen LogP contribution >= 0.6 is 0 Å². The minimum Gasteiger partial charge on any atom is -0.225 e. The minimum absolute atomic E-state index is 0.289. The van der Waals surface area contributed by atoms with Gasteiger partial charge in [0, 0.05) is 0 Å². The number of alkyl halides is 3. The van der Waals surface area contributed by atoms with Gasteiger partial charge in [-0.1, -0.05) is 19.9 Å². The van der Waals surface area contributed by atoms with Crippen LogP contribution in [0.25, 0.3) is 0 Å². The van der Waals surface area contributed by atoms with Crippen molar-refractivity contribution >= 4 is 10.0 Å². The van der Waals surface area contributed by atoms with Crippen molar-refractivity contribution in [2.75, 3.05) is 0 Å². The molecular formula is C10H12F3NO2S. The third kappa shape index (κ3) is 2.98. The van der Waals surface area contributed by atoms with Gasteiger partial charge in [-0.25, -0.2) is 13.6 Å². The molecule has 17 heavy (non-hydrogen) atoms. The van der Waals surface area contributed by atoms with E-state index in [1.165, 1.54) is 13.8 Å². The van der Waals surface area contributed by atoms with E-state index < -0.39 is 32.6 Å². The molecule has 0 radical (unpaired) electrons. The van der Waals surface area contributed by atoms with Gasteiger partial charge in [0.2, 0.25) is 10.0 Å². The van der Waals surface area contributed by atoms with Crippen LogP contribution in [0.2, 0.25) is 0 Å². The Balaban J connectivity index is 3.67. The van der Waals surface area contributed by atoms with E-state index in [1.54, 1.807) is 0 Å². The van der Waals surface area contributed by atoms with Crippen LogP contribution in [0.3, 0.4) is 0 Å². The molecule has 0 aromatic heterocycles. The summed E-state index contributed by atoms with van der Waals surface area (Å²) in [4.78, 5) is -0.470. The summed E-state index contributed by atoms with van der Waals surface area (Å²) in [6.45, 7) is 2.97. The van der Waals surface area contributed by atoms with Gasteiger partial charge in [0.1, 0.15) is 0 Å². The number of benzene rings is 1. The van der Waals surface area contributed by atoms with Crippen molar-refractivity contribution < 1.29 is 21.6 Å². The Morgan fingerprint density at radius 2 is 1.76 bits per heavy atom. The SMILES string of the molecule is CC(C)c1c(C(F)(F)F)cccc1S(N)(=O)=O. The first-order chi connectivity index (χ1) is 7.55. The van der Waals surface area contributed by atoms with Gasteiger partial charge in [-0.2, -0.15) is 13.2 Å². The lowest BCUT2D eigenvalue weighted by Crippen LogP contribution is -2.19. The number of nitrogens with two attached hydrogens (primary N) is 1. The van der Waals surface area contributed by atoms with E-state index in [0.717, 1.165) is 18.2 Å². The predicted octanol–water partition coefficient (Wildman–Crippen LogP) is 2.48. The lowest BCUT2D eigenvalue weighted by Gasteiger charge is -2.18. The summed E-state index contributed by atoms with van der Waals surface area (Å²) >= 11 is 0. The molecule has 0 saturated carbocycles. The van der Waals surface area contributed by atoms with Gasteiger partial charge < -0.3 is 0 Å². The average Bonchev–Trinajstić information content (AvgIpc) is 2.13. The minimum atomic E-state index is -4.60. The molecule has 0 spiro atoms. The van der Waals surface area contributed by atoms with E-state index in [9.17, 15) is 21.6 Å². The summed E-state index contributed by atoms with van der Waals surface area (Å²) in [5, 5.41) is 4.91. The third-order valence-electron chi connectivity index (χ3n) is 2.26. The van der Waals surface area contributed by atoms with Crippen LogP contribution in [0.5, 0.6) is 0 Å². The van der Waals surface area contributed by atoms with Gasteiger partial charge in [-0.15, -0.1) is 0 Å². The monoisotopic (exact) mass is 267 g/mol. The van der Waals surface area contributed by atoms with E-state index in [1.807, 2.05) is 0 Å². The fraction of sp³-hybridized carbons (Fsp3) is 0.400. The second-order valence-corrected chi connectivity index (χ2v) is 5.44. The van der Waals surface area contributed by atoms with Crippen molar-refractivity contribution in [2.45, 2.75) is 30.8 Å². The standard InChI is InChI=1S/C10H12F3NO2S/c1-6(2)9-7(10(11,12)13)4-3-5-8(9)17(14,15)16/h3-6H,1-2H3,(H2,14,15,16). The maximum absolute atomic E-state index is 12.7. The molecule has 3 nitrogen and oxygen atoms in total. The first-order valence-corrected chi connectivity index (χ1v) is 6.32. The van der Waals surface area contributed by atoms with Crippen LogP contribution in [0.15, 0.2) is 23.1 Å². The Morgan fingerprint density at radius 3 is 2.12 bits per heavy atom. The molecule has 0 unspecified atom stereocenters. The van der Waals surface area contributed by atoms with E-state index in [-0.39, 0.29) is 5.56 Å². The zero-order chi connectivity index (χ0) is 13.4. The number of hydrogen-bond donors (Lipinski definition) is 1. The first kappa shape index (κ1) is 14.0. The molecule has 0 heterocycles. The first-order valence-electron chi connectivity index (χ1n) is 4.78. The fourth-order valence-corrected chi connectivity index (χ4v) is 2.56. The largest absolute Gasteiger partial charge is 0.416 e. The molecule has 0 bridgehead atoms. The molecule has 1 rings (SSSR count). The number of rotatable bonds is 2. The summed E-state index contributed by atoms with van der Waals surface area (Å²) in [6.07, 6.45) is -4.60. The van der Waals surface area contributed by atoms with Crippen molar-refractivity contribution in [1.82, 2.24) is 0 Å². The molecule has 0 fully saturated rings. The molecule has 0 aliphatic heterocycles. The molecule has 0 amide bonds. The number of hydrogen-bond acceptors (Lipinski definition) is 2. The van der Waals surface area contributed by atoms with Gasteiger partial charge >= 0.3 is 6.18 Å². The van der Waals surface area contributed by atoms with E-state index in [0.29, 0.717) is 0 Å².